The summed E-state index contributed by atoms with van der Waals surface area (Å²) in [6, 6.07) is 6.43. The van der Waals surface area contributed by atoms with E-state index in [4.69, 9.17) is 0 Å². The van der Waals surface area contributed by atoms with E-state index in [1.165, 1.54) is 0 Å². The van der Waals surface area contributed by atoms with Crippen molar-refractivity contribution in [3.8, 4) is 0 Å². The van der Waals surface area contributed by atoms with Gasteiger partial charge >= 0.3 is 6.18 Å². The maximum absolute atomic E-state index is 13.1. The molecule has 0 spiro atoms. The number of rotatable bonds is 6. The molecule has 1 aliphatic heterocycles. The summed E-state index contributed by atoms with van der Waals surface area (Å²) in [4.78, 5) is 11.1. The molecule has 0 aromatic heterocycles. The van der Waals surface area contributed by atoms with Gasteiger partial charge in [0.1, 0.15) is 6.04 Å². The van der Waals surface area contributed by atoms with E-state index in [0.29, 0.717) is 12.8 Å². The molecule has 1 amide bonds. The van der Waals surface area contributed by atoms with Crippen LogP contribution in [0.15, 0.2) is 24.3 Å². The first-order valence-electron chi connectivity index (χ1n) is 7.54. The molecule has 1 aliphatic rings. The zero-order valence-corrected chi connectivity index (χ0v) is 12.6. The molecule has 6 heteroatoms. The van der Waals surface area contributed by atoms with Gasteiger partial charge in [0.15, 0.2) is 0 Å². The molecule has 1 atom stereocenters. The molecule has 1 N–H and O–H groups in total. The van der Waals surface area contributed by atoms with E-state index in [1.54, 1.807) is 0 Å². The van der Waals surface area contributed by atoms with Crippen molar-refractivity contribution in [3.63, 3.8) is 0 Å². The van der Waals surface area contributed by atoms with Gasteiger partial charge < -0.3 is 0 Å². The zero-order chi connectivity index (χ0) is 16.2. The Morgan fingerprint density at radius 3 is 2.68 bits per heavy atom. The van der Waals surface area contributed by atoms with E-state index in [0.717, 1.165) is 22.6 Å². The maximum Gasteiger partial charge on any atom is 0.405 e. The van der Waals surface area contributed by atoms with E-state index in [2.05, 4.69) is 11.5 Å². The summed E-state index contributed by atoms with van der Waals surface area (Å²) < 4.78 is 39.3. The third kappa shape index (κ3) is 4.73. The topological polar surface area (TPSA) is 32.3 Å². The van der Waals surface area contributed by atoms with Gasteiger partial charge in [-0.2, -0.15) is 13.2 Å². The molecule has 122 valence electrons. The SMILES string of the molecule is Cc1cccc(CCCCC(N2CCC(=O)N2)C(F)(F)F)c1. The van der Waals surface area contributed by atoms with Crippen LogP contribution in [0, 0.1) is 6.92 Å². The first kappa shape index (κ1) is 16.8. The fraction of sp³-hybridized carbons (Fsp3) is 0.562. The van der Waals surface area contributed by atoms with Gasteiger partial charge in [-0.05, 0) is 31.7 Å². The highest BCUT2D eigenvalue weighted by molar-refractivity contribution is 5.77. The number of unbranched alkanes of at least 4 members (excludes halogenated alkanes) is 1. The fourth-order valence-corrected chi connectivity index (χ4v) is 2.76. The quantitative estimate of drug-likeness (QED) is 0.817. The van der Waals surface area contributed by atoms with Crippen LogP contribution in [-0.2, 0) is 11.2 Å². The molecule has 1 aromatic carbocycles. The van der Waals surface area contributed by atoms with Crippen molar-refractivity contribution in [3.05, 3.63) is 35.4 Å². The maximum atomic E-state index is 13.1. The predicted molar refractivity (Wildman–Crippen MR) is 78.0 cm³/mol. The summed E-state index contributed by atoms with van der Waals surface area (Å²) in [5.74, 6) is -0.339. The minimum Gasteiger partial charge on any atom is -0.288 e. The normalized spacial score (nSPS) is 17.5. The van der Waals surface area contributed by atoms with Crippen LogP contribution < -0.4 is 5.43 Å². The lowest BCUT2D eigenvalue weighted by atomic mass is 10.0. The summed E-state index contributed by atoms with van der Waals surface area (Å²) in [6.45, 7) is 2.13. The van der Waals surface area contributed by atoms with E-state index in [9.17, 15) is 18.0 Å². The van der Waals surface area contributed by atoms with Gasteiger partial charge in [-0.3, -0.25) is 10.2 Å². The molecule has 0 aliphatic carbocycles. The summed E-state index contributed by atoms with van der Waals surface area (Å²) in [5.41, 5.74) is 4.61. The molecule has 1 aromatic rings. The van der Waals surface area contributed by atoms with Crippen molar-refractivity contribution in [1.29, 1.82) is 0 Å². The smallest absolute Gasteiger partial charge is 0.288 e. The lowest BCUT2D eigenvalue weighted by molar-refractivity contribution is -0.190. The minimum absolute atomic E-state index is 0.00952. The van der Waals surface area contributed by atoms with Crippen LogP contribution in [0.2, 0.25) is 0 Å². The Morgan fingerprint density at radius 1 is 1.32 bits per heavy atom. The summed E-state index contributed by atoms with van der Waals surface area (Å²) in [6.07, 6.45) is -2.21. The number of amides is 1. The van der Waals surface area contributed by atoms with Gasteiger partial charge in [0.25, 0.3) is 0 Å². The lowest BCUT2D eigenvalue weighted by Gasteiger charge is -2.28. The Kier molecular flexibility index (Phi) is 5.45. The highest BCUT2D eigenvalue weighted by Crippen LogP contribution is 2.29. The van der Waals surface area contributed by atoms with Gasteiger partial charge in [0.05, 0.1) is 0 Å². The number of hydrogen-bond acceptors (Lipinski definition) is 2. The first-order valence-corrected chi connectivity index (χ1v) is 7.54. The lowest BCUT2D eigenvalue weighted by Crippen LogP contribution is -2.49. The molecule has 2 rings (SSSR count). The second kappa shape index (κ2) is 7.13. The van der Waals surface area contributed by atoms with Crippen LogP contribution in [0.3, 0.4) is 0 Å². The molecule has 1 saturated heterocycles. The molecule has 1 heterocycles. The van der Waals surface area contributed by atoms with Gasteiger partial charge in [-0.25, -0.2) is 5.01 Å². The number of hydrazine groups is 1. The van der Waals surface area contributed by atoms with E-state index in [1.807, 2.05) is 25.1 Å². The first-order chi connectivity index (χ1) is 10.4. The zero-order valence-electron chi connectivity index (χ0n) is 12.6. The largest absolute Gasteiger partial charge is 0.405 e. The number of carbonyl (C=O) groups is 1. The molecular weight excluding hydrogens is 293 g/mol. The van der Waals surface area contributed by atoms with Gasteiger partial charge in [-0.1, -0.05) is 36.2 Å². The van der Waals surface area contributed by atoms with Crippen molar-refractivity contribution >= 4 is 5.91 Å². The molecule has 1 unspecified atom stereocenters. The van der Waals surface area contributed by atoms with Gasteiger partial charge in [0.2, 0.25) is 5.91 Å². The second-order valence-corrected chi connectivity index (χ2v) is 5.77. The summed E-state index contributed by atoms with van der Waals surface area (Å²) in [5, 5.41) is 1.04. The number of halogens is 3. The number of carbonyl (C=O) groups excluding carboxylic acids is 1. The van der Waals surface area contributed by atoms with E-state index in [-0.39, 0.29) is 25.3 Å². The minimum atomic E-state index is -4.32. The fourth-order valence-electron chi connectivity index (χ4n) is 2.76. The third-order valence-electron chi connectivity index (χ3n) is 3.88. The van der Waals surface area contributed by atoms with E-state index < -0.39 is 12.2 Å². The van der Waals surface area contributed by atoms with E-state index >= 15 is 0 Å². The number of nitrogens with one attached hydrogen (secondary N) is 1. The molecule has 0 saturated carbocycles. The number of alkyl halides is 3. The Morgan fingerprint density at radius 2 is 2.09 bits per heavy atom. The van der Waals surface area contributed by atoms with Crippen LogP contribution in [0.5, 0.6) is 0 Å². The number of aryl methyl sites for hydroxylation is 2. The highest BCUT2D eigenvalue weighted by atomic mass is 19.4. The van der Waals surface area contributed by atoms with Crippen LogP contribution >= 0.6 is 0 Å². The Balaban J connectivity index is 1.83. The highest BCUT2D eigenvalue weighted by Gasteiger charge is 2.45. The molecule has 0 bridgehead atoms. The summed E-state index contributed by atoms with van der Waals surface area (Å²) >= 11 is 0. The van der Waals surface area contributed by atoms with Crippen molar-refractivity contribution in [1.82, 2.24) is 10.4 Å². The predicted octanol–water partition coefficient (Wildman–Crippen LogP) is 3.38. The van der Waals surface area contributed by atoms with Crippen molar-refractivity contribution in [2.45, 2.75) is 51.2 Å². The van der Waals surface area contributed by atoms with Crippen molar-refractivity contribution in [2.75, 3.05) is 6.54 Å². The van der Waals surface area contributed by atoms with Crippen LogP contribution in [-0.4, -0.2) is 29.7 Å². The Bertz CT molecular complexity index is 516. The van der Waals surface area contributed by atoms with Crippen molar-refractivity contribution < 1.29 is 18.0 Å². The third-order valence-corrected chi connectivity index (χ3v) is 3.88. The van der Waals surface area contributed by atoms with Crippen LogP contribution in [0.25, 0.3) is 0 Å². The molecular formula is C16H21F3N2O. The second-order valence-electron chi connectivity index (χ2n) is 5.77. The average molecular weight is 314 g/mol. The number of nitrogens with zero attached hydrogens (tertiary/aromatic N) is 1. The monoisotopic (exact) mass is 314 g/mol. The summed E-state index contributed by atoms with van der Waals surface area (Å²) in [7, 11) is 0. The standard InChI is InChI=1S/C16H21F3N2O/c1-12-5-4-7-13(11-12)6-2-3-8-14(16(17,18)19)21-10-9-15(22)20-21/h4-5,7,11,14H,2-3,6,8-10H2,1H3,(H,20,22). The average Bonchev–Trinajstić information content (AvgIpc) is 2.83. The molecule has 1 fully saturated rings. The number of hydrogen-bond donors (Lipinski definition) is 1. The Hall–Kier alpha value is -1.56. The van der Waals surface area contributed by atoms with Crippen LogP contribution in [0.1, 0.15) is 36.8 Å². The Labute approximate surface area is 128 Å². The molecule has 0 radical (unpaired) electrons. The molecule has 22 heavy (non-hydrogen) atoms. The molecule has 3 nitrogen and oxygen atoms in total. The number of benzene rings is 1. The van der Waals surface area contributed by atoms with Gasteiger partial charge in [0, 0.05) is 13.0 Å². The van der Waals surface area contributed by atoms with Gasteiger partial charge in [-0.15, -0.1) is 0 Å². The van der Waals surface area contributed by atoms with Crippen LogP contribution in [0.4, 0.5) is 13.2 Å². The van der Waals surface area contributed by atoms with Crippen molar-refractivity contribution in [2.24, 2.45) is 0 Å².